The van der Waals surface area contributed by atoms with Crippen LogP contribution in [0.3, 0.4) is 0 Å². The molecule has 118 valence electrons. The summed E-state index contributed by atoms with van der Waals surface area (Å²) in [5.74, 6) is 1.35. The lowest BCUT2D eigenvalue weighted by Gasteiger charge is -2.33. The fraction of sp³-hybridized carbons (Fsp3) is 0.667. The molecule has 3 heteroatoms. The smallest absolute Gasteiger partial charge is 0.123 e. The van der Waals surface area contributed by atoms with Gasteiger partial charge in [0.1, 0.15) is 5.75 Å². The first-order valence-corrected chi connectivity index (χ1v) is 7.72. The van der Waals surface area contributed by atoms with E-state index in [4.69, 9.17) is 9.47 Å². The first-order valence-electron chi connectivity index (χ1n) is 7.72. The highest BCUT2D eigenvalue weighted by molar-refractivity contribution is 5.40. The number of hydrogen-bond acceptors (Lipinski definition) is 3. The quantitative estimate of drug-likeness (QED) is 0.914. The molecular weight excluding hydrogens is 262 g/mol. The van der Waals surface area contributed by atoms with Gasteiger partial charge in [0.2, 0.25) is 0 Å². The number of benzene rings is 1. The van der Waals surface area contributed by atoms with Crippen molar-refractivity contribution in [2.45, 2.75) is 58.3 Å². The first kappa shape index (κ1) is 16.3. The highest BCUT2D eigenvalue weighted by Crippen LogP contribution is 2.48. The van der Waals surface area contributed by atoms with Crippen molar-refractivity contribution in [2.24, 2.45) is 5.92 Å². The molecule has 1 N–H and O–H groups in total. The van der Waals surface area contributed by atoms with Crippen molar-refractivity contribution in [3.63, 3.8) is 0 Å². The SMILES string of the molecule is CNC(c1ccc(C)cc1OC)C1CC(C)(C)OC1(C)C. The highest BCUT2D eigenvalue weighted by atomic mass is 16.5. The molecule has 1 aromatic carbocycles. The Morgan fingerprint density at radius 2 is 1.95 bits per heavy atom. The van der Waals surface area contributed by atoms with Crippen molar-refractivity contribution in [2.75, 3.05) is 14.2 Å². The number of aryl methyl sites for hydroxylation is 1. The van der Waals surface area contributed by atoms with Gasteiger partial charge in [-0.05, 0) is 59.7 Å². The average Bonchev–Trinajstić information content (AvgIpc) is 2.60. The molecule has 0 aliphatic carbocycles. The number of nitrogens with one attached hydrogen (secondary N) is 1. The minimum atomic E-state index is -0.160. The molecule has 0 spiro atoms. The maximum Gasteiger partial charge on any atom is 0.123 e. The van der Waals surface area contributed by atoms with E-state index in [9.17, 15) is 0 Å². The lowest BCUT2D eigenvalue weighted by atomic mass is 9.78. The van der Waals surface area contributed by atoms with E-state index >= 15 is 0 Å². The standard InChI is InChI=1S/C18H29NO2/c1-12-8-9-13(15(10-12)20-7)16(19-6)14-11-17(2,3)21-18(14,4)5/h8-10,14,16,19H,11H2,1-7H3. The Kier molecular flexibility index (Phi) is 4.36. The number of rotatable bonds is 4. The fourth-order valence-corrected chi connectivity index (χ4v) is 3.77. The van der Waals surface area contributed by atoms with Crippen LogP contribution in [-0.2, 0) is 4.74 Å². The van der Waals surface area contributed by atoms with E-state index in [1.165, 1.54) is 11.1 Å². The van der Waals surface area contributed by atoms with Crippen molar-refractivity contribution < 1.29 is 9.47 Å². The topological polar surface area (TPSA) is 30.5 Å². The van der Waals surface area contributed by atoms with Crippen molar-refractivity contribution in [3.8, 4) is 5.75 Å². The summed E-state index contributed by atoms with van der Waals surface area (Å²) in [5.41, 5.74) is 2.19. The molecule has 0 saturated carbocycles. The van der Waals surface area contributed by atoms with Crippen molar-refractivity contribution >= 4 is 0 Å². The molecule has 1 fully saturated rings. The van der Waals surface area contributed by atoms with Gasteiger partial charge in [0, 0.05) is 17.5 Å². The largest absolute Gasteiger partial charge is 0.496 e. The Morgan fingerprint density at radius 1 is 1.29 bits per heavy atom. The van der Waals surface area contributed by atoms with Gasteiger partial charge in [-0.2, -0.15) is 0 Å². The average molecular weight is 291 g/mol. The number of methoxy groups -OCH3 is 1. The Labute approximate surface area is 129 Å². The number of ether oxygens (including phenoxy) is 2. The fourth-order valence-electron chi connectivity index (χ4n) is 3.77. The van der Waals surface area contributed by atoms with E-state index in [0.29, 0.717) is 5.92 Å². The predicted molar refractivity (Wildman–Crippen MR) is 86.9 cm³/mol. The summed E-state index contributed by atoms with van der Waals surface area (Å²) in [5, 5.41) is 3.49. The Hall–Kier alpha value is -1.06. The van der Waals surface area contributed by atoms with Crippen LogP contribution in [0.5, 0.6) is 5.75 Å². The molecule has 0 amide bonds. The summed E-state index contributed by atoms with van der Waals surface area (Å²) < 4.78 is 11.9. The number of hydrogen-bond donors (Lipinski definition) is 1. The van der Waals surface area contributed by atoms with Crippen LogP contribution in [0.4, 0.5) is 0 Å². The second-order valence-corrected chi connectivity index (χ2v) is 7.29. The first-order chi connectivity index (χ1) is 9.70. The lowest BCUT2D eigenvalue weighted by molar-refractivity contribution is -0.0777. The maximum atomic E-state index is 6.27. The van der Waals surface area contributed by atoms with Gasteiger partial charge in [-0.25, -0.2) is 0 Å². The van der Waals surface area contributed by atoms with Crippen LogP contribution in [0.1, 0.15) is 51.3 Å². The summed E-state index contributed by atoms with van der Waals surface area (Å²) in [6.45, 7) is 10.8. The van der Waals surface area contributed by atoms with E-state index in [0.717, 1.165) is 12.2 Å². The van der Waals surface area contributed by atoms with Gasteiger partial charge in [0.05, 0.1) is 18.3 Å². The normalized spacial score (nSPS) is 24.8. The maximum absolute atomic E-state index is 6.27. The molecule has 3 nitrogen and oxygen atoms in total. The van der Waals surface area contributed by atoms with Gasteiger partial charge >= 0.3 is 0 Å². The molecule has 1 aliphatic heterocycles. The zero-order valence-electron chi connectivity index (χ0n) is 14.4. The summed E-state index contributed by atoms with van der Waals surface area (Å²) in [4.78, 5) is 0. The third-order valence-electron chi connectivity index (χ3n) is 4.58. The summed E-state index contributed by atoms with van der Waals surface area (Å²) in [6, 6.07) is 6.65. The lowest BCUT2D eigenvalue weighted by Crippen LogP contribution is -2.37. The Morgan fingerprint density at radius 3 is 2.43 bits per heavy atom. The van der Waals surface area contributed by atoms with E-state index in [1.807, 2.05) is 7.05 Å². The predicted octanol–water partition coefficient (Wildman–Crippen LogP) is 3.86. The van der Waals surface area contributed by atoms with Gasteiger partial charge in [-0.1, -0.05) is 12.1 Å². The molecule has 1 saturated heterocycles. The van der Waals surface area contributed by atoms with Gasteiger partial charge in [-0.3, -0.25) is 0 Å². The zero-order chi connectivity index (χ0) is 15.8. The van der Waals surface area contributed by atoms with Gasteiger partial charge < -0.3 is 14.8 Å². The van der Waals surface area contributed by atoms with E-state index in [-0.39, 0.29) is 17.2 Å². The van der Waals surface area contributed by atoms with Crippen LogP contribution < -0.4 is 10.1 Å². The van der Waals surface area contributed by atoms with E-state index < -0.39 is 0 Å². The highest BCUT2D eigenvalue weighted by Gasteiger charge is 2.49. The van der Waals surface area contributed by atoms with E-state index in [1.54, 1.807) is 7.11 Å². The van der Waals surface area contributed by atoms with Crippen molar-refractivity contribution in [3.05, 3.63) is 29.3 Å². The second-order valence-electron chi connectivity index (χ2n) is 7.29. The minimum absolute atomic E-state index is 0.0821. The summed E-state index contributed by atoms with van der Waals surface area (Å²) >= 11 is 0. The van der Waals surface area contributed by atoms with Gasteiger partial charge in [0.15, 0.2) is 0 Å². The van der Waals surface area contributed by atoms with Gasteiger partial charge in [0.25, 0.3) is 0 Å². The Balaban J connectivity index is 2.41. The van der Waals surface area contributed by atoms with Crippen molar-refractivity contribution in [1.82, 2.24) is 5.32 Å². The molecule has 2 unspecified atom stereocenters. The molecule has 2 atom stereocenters. The third-order valence-corrected chi connectivity index (χ3v) is 4.58. The van der Waals surface area contributed by atoms with Crippen LogP contribution in [0.15, 0.2) is 18.2 Å². The minimum Gasteiger partial charge on any atom is -0.496 e. The molecule has 1 heterocycles. The molecule has 1 aromatic rings. The van der Waals surface area contributed by atoms with Gasteiger partial charge in [-0.15, -0.1) is 0 Å². The van der Waals surface area contributed by atoms with Crippen LogP contribution in [0, 0.1) is 12.8 Å². The summed E-state index contributed by atoms with van der Waals surface area (Å²) in [6.07, 6.45) is 1.03. The molecular formula is C18H29NO2. The van der Waals surface area contributed by atoms with Crippen LogP contribution in [0.2, 0.25) is 0 Å². The molecule has 21 heavy (non-hydrogen) atoms. The Bertz CT molecular complexity index is 508. The van der Waals surface area contributed by atoms with Crippen LogP contribution in [0.25, 0.3) is 0 Å². The zero-order valence-corrected chi connectivity index (χ0v) is 14.4. The third kappa shape index (κ3) is 3.24. The monoisotopic (exact) mass is 291 g/mol. The van der Waals surface area contributed by atoms with Crippen molar-refractivity contribution in [1.29, 1.82) is 0 Å². The van der Waals surface area contributed by atoms with Crippen LogP contribution in [-0.4, -0.2) is 25.4 Å². The molecule has 2 rings (SSSR count). The second kappa shape index (κ2) is 5.62. The molecule has 0 radical (unpaired) electrons. The van der Waals surface area contributed by atoms with Crippen LogP contribution >= 0.6 is 0 Å². The molecule has 0 bridgehead atoms. The molecule has 1 aliphatic rings. The van der Waals surface area contributed by atoms with E-state index in [2.05, 4.69) is 58.1 Å². The summed E-state index contributed by atoms with van der Waals surface area (Å²) in [7, 11) is 3.76. The molecule has 0 aromatic heterocycles.